The van der Waals surface area contributed by atoms with Crippen molar-refractivity contribution in [3.8, 4) is 12.3 Å². The molecule has 0 aromatic heterocycles. The van der Waals surface area contributed by atoms with Crippen LogP contribution in [0.4, 0.5) is 13.2 Å². The van der Waals surface area contributed by atoms with E-state index in [1.165, 1.54) is 0 Å². The number of amides is 1. The number of hydrogen-bond acceptors (Lipinski definition) is 1. The number of alkyl halides is 3. The molecule has 12 heavy (non-hydrogen) atoms. The van der Waals surface area contributed by atoms with Crippen molar-refractivity contribution in [1.82, 2.24) is 5.32 Å². The van der Waals surface area contributed by atoms with Gasteiger partial charge < -0.3 is 5.32 Å². The van der Waals surface area contributed by atoms with Crippen LogP contribution < -0.4 is 5.32 Å². The first-order valence-corrected chi connectivity index (χ1v) is 3.19. The molecule has 0 aliphatic carbocycles. The fraction of sp³-hybridized carbons (Fsp3) is 0.571. The highest BCUT2D eigenvalue weighted by molar-refractivity contribution is 5.92. The predicted molar refractivity (Wildman–Crippen MR) is 37.1 cm³/mol. The fourth-order valence-corrected chi connectivity index (χ4v) is 0.413. The molecule has 0 radical (unpaired) electrons. The van der Waals surface area contributed by atoms with Crippen LogP contribution in [0, 0.1) is 18.3 Å². The smallest absolute Gasteiger partial charge is 0.345 e. The molecule has 2 nitrogen and oxygen atoms in total. The van der Waals surface area contributed by atoms with Crippen LogP contribution in [0.5, 0.6) is 0 Å². The number of rotatable bonds is 2. The van der Waals surface area contributed by atoms with Crippen molar-refractivity contribution < 1.29 is 18.0 Å². The molecule has 0 heterocycles. The highest BCUT2D eigenvalue weighted by atomic mass is 19.4. The third-order valence-corrected chi connectivity index (χ3v) is 1.26. The summed E-state index contributed by atoms with van der Waals surface area (Å²) in [7, 11) is 0. The summed E-state index contributed by atoms with van der Waals surface area (Å²) < 4.78 is 35.4. The van der Waals surface area contributed by atoms with E-state index in [0.29, 0.717) is 0 Å². The average molecular weight is 179 g/mol. The molecule has 1 atom stereocenters. The summed E-state index contributed by atoms with van der Waals surface area (Å²) in [6.45, 7) is 0.489. The molecular weight excluding hydrogens is 171 g/mol. The number of terminal acetylenes is 1. The van der Waals surface area contributed by atoms with E-state index in [-0.39, 0.29) is 0 Å². The quantitative estimate of drug-likeness (QED) is 0.628. The van der Waals surface area contributed by atoms with Gasteiger partial charge in [-0.3, -0.25) is 4.79 Å². The van der Waals surface area contributed by atoms with Crippen LogP contribution >= 0.6 is 0 Å². The number of halogens is 3. The Balaban J connectivity index is 3.82. The molecule has 0 spiro atoms. The van der Waals surface area contributed by atoms with Gasteiger partial charge in [-0.05, 0) is 5.92 Å². The Bertz CT molecular complexity index is 204. The van der Waals surface area contributed by atoms with Crippen LogP contribution in [0.15, 0.2) is 0 Å². The van der Waals surface area contributed by atoms with Crippen LogP contribution in [0.3, 0.4) is 0 Å². The molecular formula is C7H8F3NO. The molecule has 0 saturated heterocycles. The molecule has 0 aliphatic heterocycles. The SMILES string of the molecule is C#CC(=O)NCC(C)C(F)(F)F. The summed E-state index contributed by atoms with van der Waals surface area (Å²) in [4.78, 5) is 10.3. The molecule has 0 aromatic carbocycles. The molecule has 0 fully saturated rings. The lowest BCUT2D eigenvalue weighted by Crippen LogP contribution is -2.34. The Hall–Kier alpha value is -1.18. The zero-order valence-electron chi connectivity index (χ0n) is 6.40. The van der Waals surface area contributed by atoms with E-state index in [1.54, 1.807) is 5.92 Å². The van der Waals surface area contributed by atoms with Gasteiger partial charge in [-0.15, -0.1) is 6.42 Å². The van der Waals surface area contributed by atoms with Gasteiger partial charge in [-0.25, -0.2) is 0 Å². The van der Waals surface area contributed by atoms with Gasteiger partial charge in [0.2, 0.25) is 0 Å². The topological polar surface area (TPSA) is 29.1 Å². The third-order valence-electron chi connectivity index (χ3n) is 1.26. The Morgan fingerprint density at radius 1 is 1.67 bits per heavy atom. The molecule has 0 bridgehead atoms. The monoisotopic (exact) mass is 179 g/mol. The van der Waals surface area contributed by atoms with Gasteiger partial charge in [0.25, 0.3) is 5.91 Å². The highest BCUT2D eigenvalue weighted by Crippen LogP contribution is 2.24. The molecule has 5 heteroatoms. The van der Waals surface area contributed by atoms with Gasteiger partial charge in [0, 0.05) is 6.54 Å². The maximum Gasteiger partial charge on any atom is 0.393 e. The highest BCUT2D eigenvalue weighted by Gasteiger charge is 2.35. The summed E-state index contributed by atoms with van der Waals surface area (Å²) in [6, 6.07) is 0. The van der Waals surface area contributed by atoms with Crippen molar-refractivity contribution in [2.24, 2.45) is 5.92 Å². The van der Waals surface area contributed by atoms with Crippen LogP contribution in [0.25, 0.3) is 0 Å². The minimum Gasteiger partial charge on any atom is -0.345 e. The van der Waals surface area contributed by atoms with Gasteiger partial charge in [0.1, 0.15) is 0 Å². The van der Waals surface area contributed by atoms with Gasteiger partial charge in [0.05, 0.1) is 5.92 Å². The minimum atomic E-state index is -4.29. The number of hydrogen-bond donors (Lipinski definition) is 1. The van der Waals surface area contributed by atoms with E-state index >= 15 is 0 Å². The third kappa shape index (κ3) is 3.86. The van der Waals surface area contributed by atoms with Crippen molar-refractivity contribution >= 4 is 5.91 Å². The number of nitrogens with one attached hydrogen (secondary N) is 1. The number of carbonyl (C=O) groups excluding carboxylic acids is 1. The Labute approximate surface area is 68.1 Å². The Kier molecular flexibility index (Phi) is 3.61. The Morgan fingerprint density at radius 2 is 2.17 bits per heavy atom. The van der Waals surface area contributed by atoms with E-state index in [2.05, 4.69) is 6.42 Å². The van der Waals surface area contributed by atoms with E-state index in [9.17, 15) is 18.0 Å². The molecule has 1 amide bonds. The standard InChI is InChI=1S/C7H8F3NO/c1-3-6(12)11-4-5(2)7(8,9)10/h1,5H,4H2,2H3,(H,11,12). The normalized spacial score (nSPS) is 13.2. The molecule has 1 unspecified atom stereocenters. The van der Waals surface area contributed by atoms with E-state index in [1.807, 2.05) is 5.32 Å². The lowest BCUT2D eigenvalue weighted by Gasteiger charge is -2.14. The van der Waals surface area contributed by atoms with Crippen molar-refractivity contribution in [3.05, 3.63) is 0 Å². The van der Waals surface area contributed by atoms with E-state index in [0.717, 1.165) is 6.92 Å². The summed E-state index contributed by atoms with van der Waals surface area (Å²) >= 11 is 0. The lowest BCUT2D eigenvalue weighted by molar-refractivity contribution is -0.168. The zero-order valence-corrected chi connectivity index (χ0v) is 6.40. The van der Waals surface area contributed by atoms with Crippen LogP contribution in [0.1, 0.15) is 6.92 Å². The predicted octanol–water partition coefficient (Wildman–Crippen LogP) is 0.934. The zero-order chi connectivity index (χ0) is 9.78. The first-order valence-electron chi connectivity index (χ1n) is 3.19. The first kappa shape index (κ1) is 10.8. The minimum absolute atomic E-state index is 0.480. The molecule has 0 rings (SSSR count). The van der Waals surface area contributed by atoms with Crippen molar-refractivity contribution in [2.75, 3.05) is 6.54 Å². The molecule has 1 N–H and O–H groups in total. The number of carbonyl (C=O) groups is 1. The van der Waals surface area contributed by atoms with Crippen molar-refractivity contribution in [2.45, 2.75) is 13.1 Å². The molecule has 0 aliphatic rings. The summed E-state index contributed by atoms with van der Waals surface area (Å²) in [5.41, 5.74) is 0. The van der Waals surface area contributed by atoms with Gasteiger partial charge >= 0.3 is 6.18 Å². The second-order valence-electron chi connectivity index (χ2n) is 2.30. The van der Waals surface area contributed by atoms with Crippen LogP contribution in [-0.4, -0.2) is 18.6 Å². The lowest BCUT2D eigenvalue weighted by atomic mass is 10.2. The van der Waals surface area contributed by atoms with E-state index in [4.69, 9.17) is 0 Å². The fourth-order valence-electron chi connectivity index (χ4n) is 0.413. The second-order valence-corrected chi connectivity index (χ2v) is 2.30. The van der Waals surface area contributed by atoms with Gasteiger partial charge in [0.15, 0.2) is 0 Å². The first-order chi connectivity index (χ1) is 5.38. The molecule has 0 aromatic rings. The largest absolute Gasteiger partial charge is 0.393 e. The van der Waals surface area contributed by atoms with Crippen LogP contribution in [-0.2, 0) is 4.79 Å². The summed E-state index contributed by atoms with van der Waals surface area (Å²) in [5.74, 6) is -0.748. The van der Waals surface area contributed by atoms with E-state index < -0.39 is 24.5 Å². The van der Waals surface area contributed by atoms with Crippen molar-refractivity contribution in [3.63, 3.8) is 0 Å². The average Bonchev–Trinajstić information content (AvgIpc) is 1.97. The van der Waals surface area contributed by atoms with Crippen molar-refractivity contribution in [1.29, 1.82) is 0 Å². The second kappa shape index (κ2) is 4.00. The van der Waals surface area contributed by atoms with Gasteiger partial charge in [-0.1, -0.05) is 6.92 Å². The summed E-state index contributed by atoms with van der Waals surface area (Å²) in [5, 5.41) is 1.94. The maximum atomic E-state index is 11.8. The summed E-state index contributed by atoms with van der Waals surface area (Å²) in [6.07, 6.45) is 0.334. The molecule has 68 valence electrons. The maximum absolute atomic E-state index is 11.8. The Morgan fingerprint density at radius 3 is 2.50 bits per heavy atom. The van der Waals surface area contributed by atoms with Gasteiger partial charge in [-0.2, -0.15) is 13.2 Å². The molecule has 0 saturated carbocycles. The van der Waals surface area contributed by atoms with Crippen LogP contribution in [0.2, 0.25) is 0 Å².